The van der Waals surface area contributed by atoms with E-state index >= 15 is 0 Å². The number of hydrogen-bond acceptors (Lipinski definition) is 4. The summed E-state index contributed by atoms with van der Waals surface area (Å²) in [6.45, 7) is 15.2. The molecular formula is C15H33NO3. The second-order valence-corrected chi connectivity index (χ2v) is 4.55. The topological polar surface area (TPSA) is 58.6 Å². The van der Waals surface area contributed by atoms with Crippen LogP contribution >= 0.6 is 0 Å². The maximum absolute atomic E-state index is 10.5. The first kappa shape index (κ1) is 23.2. The maximum Gasteiger partial charge on any atom is 0.330 e. The molecule has 0 aromatic heterocycles. The van der Waals surface area contributed by atoms with Crippen molar-refractivity contribution < 1.29 is 14.6 Å². The molecule has 1 rings (SSSR count). The molecule has 0 aromatic carbocycles. The van der Waals surface area contributed by atoms with Crippen molar-refractivity contribution in [1.82, 2.24) is 5.32 Å². The minimum atomic E-state index is -0.398. The molecule has 2 N–H and O–H groups in total. The summed E-state index contributed by atoms with van der Waals surface area (Å²) in [7, 11) is 1.00. The maximum atomic E-state index is 10.5. The van der Waals surface area contributed by atoms with Gasteiger partial charge in [-0.3, -0.25) is 0 Å². The van der Waals surface area contributed by atoms with Crippen LogP contribution in [0.5, 0.6) is 0 Å². The molecule has 0 unspecified atom stereocenters. The lowest BCUT2D eigenvalue weighted by Crippen LogP contribution is -2.22. The van der Waals surface area contributed by atoms with Crippen LogP contribution in [0.1, 0.15) is 53.9 Å². The molecule has 1 aliphatic heterocycles. The number of carbonyl (C=O) groups is 1. The van der Waals surface area contributed by atoms with E-state index in [2.05, 4.69) is 11.9 Å². The van der Waals surface area contributed by atoms with Gasteiger partial charge in [-0.05, 0) is 46.7 Å². The fourth-order valence-corrected chi connectivity index (χ4v) is 1.15. The monoisotopic (exact) mass is 275 g/mol. The van der Waals surface area contributed by atoms with Crippen molar-refractivity contribution in [3.05, 3.63) is 12.7 Å². The van der Waals surface area contributed by atoms with Crippen LogP contribution in [-0.2, 0) is 9.53 Å². The molecule has 1 saturated heterocycles. The van der Waals surface area contributed by atoms with E-state index < -0.39 is 5.60 Å². The Morgan fingerprint density at radius 2 is 1.58 bits per heavy atom. The number of carbonyl (C=O) groups excluding carboxylic acids is 1. The van der Waals surface area contributed by atoms with Gasteiger partial charge in [0.25, 0.3) is 0 Å². The number of piperidine rings is 1. The van der Waals surface area contributed by atoms with E-state index in [1.807, 2.05) is 34.6 Å². The summed E-state index contributed by atoms with van der Waals surface area (Å²) in [4.78, 5) is 10.5. The van der Waals surface area contributed by atoms with Gasteiger partial charge in [0.15, 0.2) is 0 Å². The zero-order valence-corrected chi connectivity index (χ0v) is 13.6. The van der Waals surface area contributed by atoms with Gasteiger partial charge in [0, 0.05) is 13.2 Å². The highest BCUT2D eigenvalue weighted by molar-refractivity contribution is 5.81. The molecule has 0 radical (unpaired) electrons. The lowest BCUT2D eigenvalue weighted by molar-refractivity contribution is -0.148. The fourth-order valence-electron chi connectivity index (χ4n) is 1.15. The summed E-state index contributed by atoms with van der Waals surface area (Å²) < 4.78 is 4.83. The van der Waals surface area contributed by atoms with Crippen LogP contribution in [-0.4, -0.2) is 36.9 Å². The highest BCUT2D eigenvalue weighted by atomic mass is 16.6. The average Bonchev–Trinajstić information content (AvgIpc) is 2.44. The van der Waals surface area contributed by atoms with Gasteiger partial charge in [0.2, 0.25) is 0 Å². The van der Waals surface area contributed by atoms with E-state index in [4.69, 9.17) is 9.84 Å². The van der Waals surface area contributed by atoms with Crippen molar-refractivity contribution in [2.75, 3.05) is 20.2 Å². The van der Waals surface area contributed by atoms with Crippen LogP contribution < -0.4 is 5.32 Å². The number of aliphatic hydroxyl groups excluding tert-OH is 1. The van der Waals surface area contributed by atoms with Gasteiger partial charge in [-0.2, -0.15) is 0 Å². The van der Waals surface area contributed by atoms with Gasteiger partial charge in [0.05, 0.1) is 0 Å². The SMILES string of the molecule is C1CCNCC1.C=CC(=O)OC(C)(C)C.CC.CO. The molecule has 1 fully saturated rings. The lowest BCUT2D eigenvalue weighted by Gasteiger charge is -2.17. The normalized spacial score (nSPS) is 13.2. The molecule has 0 aromatic rings. The molecule has 4 nitrogen and oxygen atoms in total. The van der Waals surface area contributed by atoms with E-state index in [1.54, 1.807) is 0 Å². The summed E-state index contributed by atoms with van der Waals surface area (Å²) in [6.07, 6.45) is 5.37. The summed E-state index contributed by atoms with van der Waals surface area (Å²) in [5, 5.41) is 10.3. The first-order valence-electron chi connectivity index (χ1n) is 6.96. The first-order valence-corrected chi connectivity index (χ1v) is 6.96. The second kappa shape index (κ2) is 17.1. The third kappa shape index (κ3) is 26.7. The summed E-state index contributed by atoms with van der Waals surface area (Å²) in [5.41, 5.74) is -0.398. The minimum absolute atomic E-state index is 0.373. The number of rotatable bonds is 1. The average molecular weight is 275 g/mol. The van der Waals surface area contributed by atoms with E-state index in [-0.39, 0.29) is 5.97 Å². The van der Waals surface area contributed by atoms with Crippen molar-refractivity contribution >= 4 is 5.97 Å². The Bertz CT molecular complexity index is 183. The molecular weight excluding hydrogens is 242 g/mol. The molecule has 0 atom stereocenters. The Balaban J connectivity index is -0.000000221. The summed E-state index contributed by atoms with van der Waals surface area (Å²) in [6, 6.07) is 0. The van der Waals surface area contributed by atoms with E-state index in [1.165, 1.54) is 32.4 Å². The Morgan fingerprint density at radius 1 is 1.16 bits per heavy atom. The first-order chi connectivity index (χ1) is 8.95. The Labute approximate surface area is 119 Å². The lowest BCUT2D eigenvalue weighted by atomic mass is 10.2. The predicted octanol–water partition coefficient (Wildman–Crippen LogP) is 2.91. The van der Waals surface area contributed by atoms with Crippen LogP contribution in [0.15, 0.2) is 12.7 Å². The van der Waals surface area contributed by atoms with Gasteiger partial charge < -0.3 is 15.2 Å². The highest BCUT2D eigenvalue weighted by Crippen LogP contribution is 2.06. The van der Waals surface area contributed by atoms with E-state index in [9.17, 15) is 4.79 Å². The van der Waals surface area contributed by atoms with Crippen molar-refractivity contribution in [3.63, 3.8) is 0 Å². The summed E-state index contributed by atoms with van der Waals surface area (Å²) >= 11 is 0. The Morgan fingerprint density at radius 3 is 1.68 bits per heavy atom. The highest BCUT2D eigenvalue weighted by Gasteiger charge is 2.12. The van der Waals surface area contributed by atoms with E-state index in [0.29, 0.717) is 0 Å². The van der Waals surface area contributed by atoms with Crippen LogP contribution in [0.25, 0.3) is 0 Å². The van der Waals surface area contributed by atoms with Crippen molar-refractivity contribution in [2.24, 2.45) is 0 Å². The largest absolute Gasteiger partial charge is 0.457 e. The summed E-state index contributed by atoms with van der Waals surface area (Å²) in [5.74, 6) is -0.373. The zero-order valence-electron chi connectivity index (χ0n) is 13.6. The Kier molecular flexibility index (Phi) is 21.0. The number of esters is 1. The quantitative estimate of drug-likeness (QED) is 0.570. The molecule has 0 saturated carbocycles. The van der Waals surface area contributed by atoms with Crippen molar-refractivity contribution in [2.45, 2.75) is 59.5 Å². The number of hydrogen-bond donors (Lipinski definition) is 2. The molecule has 0 bridgehead atoms. The molecule has 4 heteroatoms. The van der Waals surface area contributed by atoms with Gasteiger partial charge in [-0.25, -0.2) is 4.79 Å². The van der Waals surface area contributed by atoms with Crippen LogP contribution in [0, 0.1) is 0 Å². The van der Waals surface area contributed by atoms with Gasteiger partial charge in [-0.1, -0.05) is 26.8 Å². The zero-order chi connectivity index (χ0) is 15.7. The van der Waals surface area contributed by atoms with Crippen LogP contribution in [0.4, 0.5) is 0 Å². The number of nitrogens with one attached hydrogen (secondary N) is 1. The molecule has 1 aliphatic rings. The molecule has 0 spiro atoms. The van der Waals surface area contributed by atoms with Gasteiger partial charge in [-0.15, -0.1) is 0 Å². The third-order valence-electron chi connectivity index (χ3n) is 1.78. The van der Waals surface area contributed by atoms with Crippen molar-refractivity contribution in [3.8, 4) is 0 Å². The Hall–Kier alpha value is -0.870. The predicted molar refractivity (Wildman–Crippen MR) is 82.3 cm³/mol. The van der Waals surface area contributed by atoms with Crippen LogP contribution in [0.3, 0.4) is 0 Å². The second-order valence-electron chi connectivity index (χ2n) is 4.55. The molecule has 1 heterocycles. The molecule has 19 heavy (non-hydrogen) atoms. The molecule has 0 aliphatic carbocycles. The van der Waals surface area contributed by atoms with Crippen LogP contribution in [0.2, 0.25) is 0 Å². The minimum Gasteiger partial charge on any atom is -0.457 e. The smallest absolute Gasteiger partial charge is 0.330 e. The standard InChI is InChI=1S/C7H12O2.C5H11N.C2H6.CH4O/c1-5-6(8)9-7(2,3)4;1-2-4-6-5-3-1;2*1-2/h5H,1H2,2-4H3;6H,1-5H2;1-2H3;2H,1H3. The third-order valence-corrected chi connectivity index (χ3v) is 1.78. The van der Waals surface area contributed by atoms with Gasteiger partial charge in [0.1, 0.15) is 5.60 Å². The van der Waals surface area contributed by atoms with Crippen molar-refractivity contribution in [1.29, 1.82) is 0 Å². The number of ether oxygens (including phenoxy) is 1. The number of aliphatic hydroxyl groups is 1. The molecule has 0 amide bonds. The van der Waals surface area contributed by atoms with E-state index in [0.717, 1.165) is 13.2 Å². The molecule has 116 valence electrons. The fraction of sp³-hybridized carbons (Fsp3) is 0.800. The van der Waals surface area contributed by atoms with Gasteiger partial charge >= 0.3 is 5.97 Å².